The lowest BCUT2D eigenvalue weighted by atomic mass is 9.95. The summed E-state index contributed by atoms with van der Waals surface area (Å²) in [6, 6.07) is 5.74. The summed E-state index contributed by atoms with van der Waals surface area (Å²) in [5, 5.41) is 8.99. The highest BCUT2D eigenvalue weighted by Gasteiger charge is 2.19. The standard InChI is InChI=1S/C16H22FNO2/c17-15-5-3-14(4-6-15)16(20)7-10-18-9-1-2-13(12-18)8-11-19/h3-6,13,19H,1-2,7-12H2. The van der Waals surface area contributed by atoms with Gasteiger partial charge in [0, 0.05) is 31.7 Å². The van der Waals surface area contributed by atoms with Gasteiger partial charge in [0.1, 0.15) is 5.82 Å². The van der Waals surface area contributed by atoms with Crippen molar-refractivity contribution in [3.63, 3.8) is 0 Å². The molecule has 1 fully saturated rings. The van der Waals surface area contributed by atoms with E-state index in [1.807, 2.05) is 0 Å². The molecule has 3 nitrogen and oxygen atoms in total. The van der Waals surface area contributed by atoms with E-state index >= 15 is 0 Å². The second-order valence-corrected chi connectivity index (χ2v) is 5.50. The number of carbonyl (C=O) groups is 1. The number of ketones is 1. The van der Waals surface area contributed by atoms with Crippen molar-refractivity contribution in [2.75, 3.05) is 26.2 Å². The summed E-state index contributed by atoms with van der Waals surface area (Å²) >= 11 is 0. The number of halogens is 1. The summed E-state index contributed by atoms with van der Waals surface area (Å²) in [6.07, 6.45) is 3.62. The van der Waals surface area contributed by atoms with E-state index in [0.717, 1.165) is 32.5 Å². The van der Waals surface area contributed by atoms with Crippen LogP contribution < -0.4 is 0 Å². The van der Waals surface area contributed by atoms with E-state index in [4.69, 9.17) is 5.11 Å². The summed E-state index contributed by atoms with van der Waals surface area (Å²) < 4.78 is 12.8. The topological polar surface area (TPSA) is 40.5 Å². The lowest BCUT2D eigenvalue weighted by Gasteiger charge is -2.32. The minimum absolute atomic E-state index is 0.0641. The zero-order valence-electron chi connectivity index (χ0n) is 11.7. The molecule has 1 saturated heterocycles. The molecule has 0 aromatic heterocycles. The summed E-state index contributed by atoms with van der Waals surface area (Å²) in [5.74, 6) is 0.299. The van der Waals surface area contributed by atoms with Gasteiger partial charge in [0.2, 0.25) is 0 Å². The average Bonchev–Trinajstić information content (AvgIpc) is 2.46. The molecule has 1 aliphatic heterocycles. The number of piperidine rings is 1. The van der Waals surface area contributed by atoms with Gasteiger partial charge in [-0.15, -0.1) is 0 Å². The quantitative estimate of drug-likeness (QED) is 0.813. The Morgan fingerprint density at radius 1 is 1.35 bits per heavy atom. The van der Waals surface area contributed by atoms with E-state index in [2.05, 4.69) is 4.90 Å². The predicted octanol–water partition coefficient (Wildman–Crippen LogP) is 2.49. The maximum atomic E-state index is 12.8. The van der Waals surface area contributed by atoms with E-state index < -0.39 is 0 Å². The van der Waals surface area contributed by atoms with Crippen LogP contribution in [-0.4, -0.2) is 42.0 Å². The summed E-state index contributed by atoms with van der Waals surface area (Å²) in [5.41, 5.74) is 0.579. The van der Waals surface area contributed by atoms with Gasteiger partial charge in [0.25, 0.3) is 0 Å². The second kappa shape index (κ2) is 7.50. The molecule has 1 unspecified atom stereocenters. The van der Waals surface area contributed by atoms with Crippen molar-refractivity contribution in [3.05, 3.63) is 35.6 Å². The molecule has 4 heteroatoms. The molecule has 1 aliphatic rings. The van der Waals surface area contributed by atoms with Crippen molar-refractivity contribution in [2.45, 2.75) is 25.7 Å². The molecule has 110 valence electrons. The third-order valence-corrected chi connectivity index (χ3v) is 3.96. The Morgan fingerprint density at radius 3 is 2.80 bits per heavy atom. The van der Waals surface area contributed by atoms with Crippen LogP contribution in [0.4, 0.5) is 4.39 Å². The summed E-state index contributed by atoms with van der Waals surface area (Å²) in [6.45, 7) is 2.99. The number of likely N-dealkylation sites (tertiary alicyclic amines) is 1. The molecule has 0 saturated carbocycles. The van der Waals surface area contributed by atoms with Gasteiger partial charge in [0.15, 0.2) is 5.78 Å². The van der Waals surface area contributed by atoms with E-state index in [1.165, 1.54) is 18.6 Å². The second-order valence-electron chi connectivity index (χ2n) is 5.50. The van der Waals surface area contributed by atoms with E-state index in [0.29, 0.717) is 17.9 Å². The van der Waals surface area contributed by atoms with Gasteiger partial charge < -0.3 is 10.0 Å². The van der Waals surface area contributed by atoms with Crippen LogP contribution >= 0.6 is 0 Å². The van der Waals surface area contributed by atoms with Gasteiger partial charge in [0.05, 0.1) is 0 Å². The Balaban J connectivity index is 1.79. The molecule has 1 N–H and O–H groups in total. The fourth-order valence-electron chi connectivity index (χ4n) is 2.81. The van der Waals surface area contributed by atoms with Crippen LogP contribution in [0.1, 0.15) is 36.0 Å². The molecule has 0 radical (unpaired) electrons. The minimum atomic E-state index is -0.315. The molecule has 1 aromatic rings. The Morgan fingerprint density at radius 2 is 2.10 bits per heavy atom. The molecule has 0 bridgehead atoms. The van der Waals surface area contributed by atoms with Crippen molar-refractivity contribution < 1.29 is 14.3 Å². The first-order valence-corrected chi connectivity index (χ1v) is 7.31. The predicted molar refractivity (Wildman–Crippen MR) is 76.2 cm³/mol. The van der Waals surface area contributed by atoms with E-state index in [9.17, 15) is 9.18 Å². The first-order chi connectivity index (χ1) is 9.69. The van der Waals surface area contributed by atoms with Gasteiger partial charge in [-0.05, 0) is 56.0 Å². The zero-order valence-corrected chi connectivity index (χ0v) is 11.7. The Hall–Kier alpha value is -1.26. The van der Waals surface area contributed by atoms with Gasteiger partial charge in [-0.3, -0.25) is 4.79 Å². The maximum absolute atomic E-state index is 12.8. The Kier molecular flexibility index (Phi) is 5.68. The lowest BCUT2D eigenvalue weighted by Crippen LogP contribution is -2.37. The van der Waals surface area contributed by atoms with Crippen LogP contribution in [0.15, 0.2) is 24.3 Å². The van der Waals surface area contributed by atoms with Crippen LogP contribution in [0, 0.1) is 11.7 Å². The highest BCUT2D eigenvalue weighted by atomic mass is 19.1. The number of rotatable bonds is 6. The van der Waals surface area contributed by atoms with Crippen molar-refractivity contribution >= 4 is 5.78 Å². The smallest absolute Gasteiger partial charge is 0.164 e. The fraction of sp³-hybridized carbons (Fsp3) is 0.562. The molecule has 0 amide bonds. The number of hydrogen-bond acceptors (Lipinski definition) is 3. The number of benzene rings is 1. The molecule has 1 heterocycles. The lowest BCUT2D eigenvalue weighted by molar-refractivity contribution is 0.0937. The van der Waals surface area contributed by atoms with Crippen LogP contribution in [0.25, 0.3) is 0 Å². The van der Waals surface area contributed by atoms with Crippen LogP contribution in [-0.2, 0) is 0 Å². The van der Waals surface area contributed by atoms with Gasteiger partial charge >= 0.3 is 0 Å². The molecule has 1 atom stereocenters. The summed E-state index contributed by atoms with van der Waals surface area (Å²) in [7, 11) is 0. The van der Waals surface area contributed by atoms with Crippen LogP contribution in [0.5, 0.6) is 0 Å². The zero-order chi connectivity index (χ0) is 14.4. The highest BCUT2D eigenvalue weighted by molar-refractivity contribution is 5.96. The monoisotopic (exact) mass is 279 g/mol. The van der Waals surface area contributed by atoms with Crippen molar-refractivity contribution in [1.82, 2.24) is 4.90 Å². The van der Waals surface area contributed by atoms with Crippen LogP contribution in [0.3, 0.4) is 0 Å². The number of carbonyl (C=O) groups excluding carboxylic acids is 1. The highest BCUT2D eigenvalue weighted by Crippen LogP contribution is 2.19. The first kappa shape index (κ1) is 15.1. The van der Waals surface area contributed by atoms with Gasteiger partial charge in [-0.2, -0.15) is 0 Å². The fourth-order valence-corrected chi connectivity index (χ4v) is 2.81. The Bertz CT molecular complexity index is 431. The maximum Gasteiger partial charge on any atom is 0.164 e. The largest absolute Gasteiger partial charge is 0.396 e. The molecule has 20 heavy (non-hydrogen) atoms. The average molecular weight is 279 g/mol. The number of aliphatic hydroxyl groups is 1. The molecule has 0 spiro atoms. The van der Waals surface area contributed by atoms with Crippen molar-refractivity contribution in [1.29, 1.82) is 0 Å². The molecule has 1 aromatic carbocycles. The van der Waals surface area contributed by atoms with Gasteiger partial charge in [-0.1, -0.05) is 0 Å². The normalized spacial score (nSPS) is 20.0. The van der Waals surface area contributed by atoms with Crippen molar-refractivity contribution in [2.24, 2.45) is 5.92 Å². The molecular weight excluding hydrogens is 257 g/mol. The van der Waals surface area contributed by atoms with Gasteiger partial charge in [-0.25, -0.2) is 4.39 Å². The van der Waals surface area contributed by atoms with Crippen LogP contribution in [0.2, 0.25) is 0 Å². The SMILES string of the molecule is O=C(CCN1CCCC(CCO)C1)c1ccc(F)cc1. The molecular formula is C16H22FNO2. The first-order valence-electron chi connectivity index (χ1n) is 7.31. The number of nitrogens with zero attached hydrogens (tertiary/aromatic N) is 1. The Labute approximate surface area is 119 Å². The van der Waals surface area contributed by atoms with E-state index in [1.54, 1.807) is 12.1 Å². The third-order valence-electron chi connectivity index (χ3n) is 3.96. The third kappa shape index (κ3) is 4.39. The molecule has 2 rings (SSSR count). The van der Waals surface area contributed by atoms with Crippen molar-refractivity contribution in [3.8, 4) is 0 Å². The summed E-state index contributed by atoms with van der Waals surface area (Å²) in [4.78, 5) is 14.3. The minimum Gasteiger partial charge on any atom is -0.396 e. The number of aliphatic hydroxyl groups excluding tert-OH is 1. The number of Topliss-reactive ketones (excluding diaryl/α,β-unsaturated/α-hetero) is 1. The number of hydrogen-bond donors (Lipinski definition) is 1. The van der Waals surface area contributed by atoms with E-state index in [-0.39, 0.29) is 18.2 Å². The molecule has 0 aliphatic carbocycles.